The first-order valence-corrected chi connectivity index (χ1v) is 18.1. The van der Waals surface area contributed by atoms with Gasteiger partial charge in [0, 0.05) is 30.1 Å². The van der Waals surface area contributed by atoms with E-state index in [2.05, 4.69) is 43.5 Å². The van der Waals surface area contributed by atoms with E-state index < -0.39 is 21.9 Å². The number of rotatable bonds is 9. The van der Waals surface area contributed by atoms with E-state index in [9.17, 15) is 22.4 Å². The second-order valence-corrected chi connectivity index (χ2v) is 15.1. The lowest BCUT2D eigenvalue weighted by atomic mass is 9.85. The molecule has 2 N–H and O–H groups in total. The molecular formula is C36H56FN3O5S. The van der Waals surface area contributed by atoms with Gasteiger partial charge in [-0.3, -0.25) is 9.59 Å². The van der Waals surface area contributed by atoms with E-state index in [-0.39, 0.29) is 40.2 Å². The lowest BCUT2D eigenvalue weighted by Crippen LogP contribution is -2.57. The van der Waals surface area contributed by atoms with Crippen molar-refractivity contribution in [2.75, 3.05) is 6.54 Å². The number of hydrogen-bond donors (Lipinski definition) is 2. The molecule has 4 atom stereocenters. The Morgan fingerprint density at radius 1 is 1.09 bits per heavy atom. The Morgan fingerprint density at radius 3 is 2.30 bits per heavy atom. The summed E-state index contributed by atoms with van der Waals surface area (Å²) in [6.07, 6.45) is 4.96. The van der Waals surface area contributed by atoms with E-state index in [1.54, 1.807) is 0 Å². The molecular weight excluding hydrogens is 605 g/mol. The van der Waals surface area contributed by atoms with Gasteiger partial charge in [-0.15, -0.1) is 0 Å². The summed E-state index contributed by atoms with van der Waals surface area (Å²) in [5.41, 5.74) is 1.24. The van der Waals surface area contributed by atoms with Crippen LogP contribution in [0.4, 0.5) is 4.39 Å². The third-order valence-electron chi connectivity index (χ3n) is 7.99. The van der Waals surface area contributed by atoms with E-state index in [1.165, 1.54) is 29.4 Å². The highest BCUT2D eigenvalue weighted by atomic mass is 32.2. The van der Waals surface area contributed by atoms with Gasteiger partial charge in [0.25, 0.3) is 0 Å². The SMILES string of the molecule is CC.CC(=O)C1CCCCN1S(=O)(=O)c1cccc(F)c1.CC1CC(NC(=O)C(C)Cc2ccc(OC(C)C)cc2)CC(C)(C)N1. The van der Waals surface area contributed by atoms with Crippen LogP contribution in [0.25, 0.3) is 0 Å². The summed E-state index contributed by atoms with van der Waals surface area (Å²) in [5, 5.41) is 6.84. The van der Waals surface area contributed by atoms with Crippen molar-refractivity contribution in [2.45, 2.75) is 136 Å². The molecule has 4 rings (SSSR count). The second kappa shape index (κ2) is 17.9. The number of nitrogens with zero attached hydrogens (tertiary/aromatic N) is 1. The maximum Gasteiger partial charge on any atom is 0.243 e. The molecule has 10 heteroatoms. The summed E-state index contributed by atoms with van der Waals surface area (Å²) in [6, 6.07) is 13.0. The van der Waals surface area contributed by atoms with Gasteiger partial charge in [0.15, 0.2) is 0 Å². The highest BCUT2D eigenvalue weighted by Crippen LogP contribution is 2.26. The van der Waals surface area contributed by atoms with Crippen molar-refractivity contribution in [1.82, 2.24) is 14.9 Å². The first kappa shape index (κ1) is 39.4. The van der Waals surface area contributed by atoms with Crippen molar-refractivity contribution in [3.63, 3.8) is 0 Å². The molecule has 2 heterocycles. The number of hydrogen-bond acceptors (Lipinski definition) is 6. The Kier molecular flexibility index (Phi) is 15.3. The van der Waals surface area contributed by atoms with Gasteiger partial charge in [-0.2, -0.15) is 4.31 Å². The summed E-state index contributed by atoms with van der Waals surface area (Å²) in [7, 11) is -3.81. The lowest BCUT2D eigenvalue weighted by Gasteiger charge is -2.41. The molecule has 0 spiro atoms. The summed E-state index contributed by atoms with van der Waals surface area (Å²) in [6.45, 7) is 18.3. The molecule has 0 aliphatic carbocycles. The molecule has 0 radical (unpaired) electrons. The zero-order valence-electron chi connectivity index (χ0n) is 29.2. The number of ketones is 1. The van der Waals surface area contributed by atoms with Crippen LogP contribution in [0.2, 0.25) is 0 Å². The van der Waals surface area contributed by atoms with Crippen LogP contribution in [0.3, 0.4) is 0 Å². The van der Waals surface area contributed by atoms with Gasteiger partial charge < -0.3 is 15.4 Å². The standard InChI is InChI=1S/C21H34N2O2.C13H16FNO3S.C2H6/c1-14(2)25-19-9-7-17(8-10-19)11-15(3)20(24)22-18-12-16(4)23-21(5,6)13-18;1-10(16)13-7-2-3-8-15(13)19(17,18)12-6-4-5-11(14)9-12;1-2/h7-10,14-16,18,23H,11-13H2,1-6H3,(H,22,24);4-6,9,13H,2-3,7-8H2,1H3;1-2H3. The molecule has 2 aromatic carbocycles. The van der Waals surface area contributed by atoms with Crippen molar-refractivity contribution in [3.05, 3.63) is 59.9 Å². The van der Waals surface area contributed by atoms with Crippen LogP contribution in [0, 0.1) is 11.7 Å². The normalized spacial score (nSPS) is 21.9. The topological polar surface area (TPSA) is 105 Å². The Hall–Kier alpha value is -2.82. The van der Waals surface area contributed by atoms with E-state index in [1.807, 2.05) is 46.8 Å². The number of benzene rings is 2. The predicted octanol–water partition coefficient (Wildman–Crippen LogP) is 6.67. The van der Waals surface area contributed by atoms with Gasteiger partial charge in [0.1, 0.15) is 17.3 Å². The van der Waals surface area contributed by atoms with Gasteiger partial charge in [-0.1, -0.05) is 45.4 Å². The van der Waals surface area contributed by atoms with Crippen LogP contribution in [-0.2, 0) is 26.0 Å². The lowest BCUT2D eigenvalue weighted by molar-refractivity contribution is -0.125. The Bertz CT molecular complexity index is 1360. The van der Waals surface area contributed by atoms with Gasteiger partial charge in [0.05, 0.1) is 17.0 Å². The van der Waals surface area contributed by atoms with Crippen LogP contribution in [0.5, 0.6) is 5.75 Å². The molecule has 4 unspecified atom stereocenters. The van der Waals surface area contributed by atoms with Crippen LogP contribution in [0.1, 0.15) is 100.0 Å². The predicted molar refractivity (Wildman–Crippen MR) is 183 cm³/mol. The van der Waals surface area contributed by atoms with Crippen molar-refractivity contribution >= 4 is 21.7 Å². The smallest absolute Gasteiger partial charge is 0.243 e. The number of nitrogens with one attached hydrogen (secondary N) is 2. The Morgan fingerprint density at radius 2 is 1.74 bits per heavy atom. The molecule has 2 aromatic rings. The molecule has 2 saturated heterocycles. The number of ether oxygens (including phenoxy) is 1. The number of carbonyl (C=O) groups excluding carboxylic acids is 2. The van der Waals surface area contributed by atoms with E-state index in [0.29, 0.717) is 19.0 Å². The monoisotopic (exact) mass is 661 g/mol. The van der Waals surface area contributed by atoms with Gasteiger partial charge >= 0.3 is 0 Å². The molecule has 1 amide bonds. The zero-order chi connectivity index (χ0) is 34.7. The molecule has 2 aliphatic heterocycles. The van der Waals surface area contributed by atoms with Gasteiger partial charge in [0.2, 0.25) is 15.9 Å². The highest BCUT2D eigenvalue weighted by molar-refractivity contribution is 7.89. The Labute approximate surface area is 276 Å². The number of sulfonamides is 1. The molecule has 0 saturated carbocycles. The molecule has 0 bridgehead atoms. The van der Waals surface area contributed by atoms with Crippen LogP contribution >= 0.6 is 0 Å². The maximum absolute atomic E-state index is 13.2. The quantitative estimate of drug-likeness (QED) is 0.311. The van der Waals surface area contributed by atoms with E-state index in [4.69, 9.17) is 4.74 Å². The zero-order valence-corrected chi connectivity index (χ0v) is 30.0. The van der Waals surface area contributed by atoms with E-state index >= 15 is 0 Å². The molecule has 258 valence electrons. The Balaban J connectivity index is 0.000000314. The summed E-state index contributed by atoms with van der Waals surface area (Å²) in [5.74, 6) is 0.224. The minimum absolute atomic E-state index is 0.0369. The highest BCUT2D eigenvalue weighted by Gasteiger charge is 2.36. The van der Waals surface area contributed by atoms with Crippen molar-refractivity contribution in [1.29, 1.82) is 0 Å². The summed E-state index contributed by atoms with van der Waals surface area (Å²) in [4.78, 5) is 24.1. The molecule has 2 fully saturated rings. The summed E-state index contributed by atoms with van der Waals surface area (Å²) < 4.78 is 45.0. The number of amides is 1. The number of Topliss-reactive ketones (excluding diaryl/α,β-unsaturated/α-hetero) is 1. The minimum atomic E-state index is -3.81. The number of halogens is 1. The van der Waals surface area contributed by atoms with Crippen LogP contribution < -0.4 is 15.4 Å². The number of piperidine rings is 2. The first-order valence-electron chi connectivity index (χ1n) is 16.7. The second-order valence-electron chi connectivity index (χ2n) is 13.2. The van der Waals surface area contributed by atoms with E-state index in [0.717, 1.165) is 49.5 Å². The molecule has 2 aliphatic rings. The minimum Gasteiger partial charge on any atom is -0.491 e. The van der Waals surface area contributed by atoms with Gasteiger partial charge in [-0.05, 0) is 110 Å². The molecule has 0 aromatic heterocycles. The van der Waals surface area contributed by atoms with Crippen molar-refractivity contribution < 1.29 is 27.1 Å². The molecule has 8 nitrogen and oxygen atoms in total. The largest absolute Gasteiger partial charge is 0.491 e. The maximum atomic E-state index is 13.2. The third kappa shape index (κ3) is 12.1. The average Bonchev–Trinajstić information content (AvgIpc) is 2.98. The fourth-order valence-corrected chi connectivity index (χ4v) is 7.89. The fraction of sp³-hybridized carbons (Fsp3) is 0.611. The number of carbonyl (C=O) groups is 2. The van der Waals surface area contributed by atoms with Crippen LogP contribution in [0.15, 0.2) is 53.4 Å². The van der Waals surface area contributed by atoms with Crippen molar-refractivity contribution in [3.8, 4) is 5.75 Å². The molecule has 46 heavy (non-hydrogen) atoms. The first-order chi connectivity index (χ1) is 21.6. The summed E-state index contributed by atoms with van der Waals surface area (Å²) >= 11 is 0. The van der Waals surface area contributed by atoms with Crippen molar-refractivity contribution in [2.24, 2.45) is 5.92 Å². The van der Waals surface area contributed by atoms with Gasteiger partial charge in [-0.25, -0.2) is 12.8 Å². The average molecular weight is 662 g/mol. The third-order valence-corrected chi connectivity index (χ3v) is 9.89. The van der Waals surface area contributed by atoms with Crippen LogP contribution in [-0.4, -0.2) is 60.7 Å². The fourth-order valence-electron chi connectivity index (χ4n) is 6.15.